The Labute approximate surface area is 121 Å². The van der Waals surface area contributed by atoms with E-state index in [1.165, 1.54) is 7.11 Å². The van der Waals surface area contributed by atoms with Crippen LogP contribution in [0.1, 0.15) is 18.7 Å². The number of rotatable bonds is 7. The minimum Gasteiger partial charge on any atom is -0.469 e. The number of carbonyl (C=O) groups excluding carboxylic acids is 1. The second-order valence-electron chi connectivity index (χ2n) is 4.44. The zero-order valence-electron chi connectivity index (χ0n) is 11.5. The van der Waals surface area contributed by atoms with Gasteiger partial charge in [-0.1, -0.05) is 5.16 Å². The molecule has 0 aliphatic heterocycles. The Hall–Kier alpha value is -1.73. The normalized spacial score (nSPS) is 10.9. The number of esters is 1. The van der Waals surface area contributed by atoms with E-state index in [9.17, 15) is 4.79 Å². The molecule has 0 aliphatic rings. The topological polar surface area (TPSA) is 68.5 Å². The molecule has 0 spiro atoms. The molecule has 0 saturated carbocycles. The van der Waals surface area contributed by atoms with E-state index in [2.05, 4.69) is 14.9 Å². The summed E-state index contributed by atoms with van der Waals surface area (Å²) in [6.45, 7) is 1.34. The molecule has 0 fully saturated rings. The van der Waals surface area contributed by atoms with Crippen LogP contribution >= 0.6 is 11.3 Å². The summed E-state index contributed by atoms with van der Waals surface area (Å²) < 4.78 is 9.82. The average Bonchev–Trinajstić information content (AvgIpc) is 3.08. The Morgan fingerprint density at radius 1 is 1.55 bits per heavy atom. The van der Waals surface area contributed by atoms with Crippen molar-refractivity contribution in [1.29, 1.82) is 0 Å². The van der Waals surface area contributed by atoms with Crippen LogP contribution in [0, 0.1) is 0 Å². The first-order chi connectivity index (χ1) is 9.69. The van der Waals surface area contributed by atoms with Crippen LogP contribution in [-0.4, -0.2) is 41.7 Å². The first-order valence-electron chi connectivity index (χ1n) is 6.29. The Kier molecular flexibility index (Phi) is 5.25. The van der Waals surface area contributed by atoms with E-state index in [0.29, 0.717) is 24.7 Å². The third kappa shape index (κ3) is 4.14. The quantitative estimate of drug-likeness (QED) is 0.729. The number of hydrogen-bond acceptors (Lipinski definition) is 7. The van der Waals surface area contributed by atoms with Gasteiger partial charge in [-0.15, -0.1) is 0 Å². The molecule has 20 heavy (non-hydrogen) atoms. The number of hydrogen-bond donors (Lipinski definition) is 0. The summed E-state index contributed by atoms with van der Waals surface area (Å²) in [7, 11) is 3.35. The third-order valence-corrected chi connectivity index (χ3v) is 3.48. The van der Waals surface area contributed by atoms with Crippen molar-refractivity contribution in [2.75, 3.05) is 20.7 Å². The molecule has 7 heteroatoms. The van der Waals surface area contributed by atoms with Gasteiger partial charge < -0.3 is 9.26 Å². The van der Waals surface area contributed by atoms with Crippen molar-refractivity contribution in [2.45, 2.75) is 19.4 Å². The average molecular weight is 295 g/mol. The molecule has 0 radical (unpaired) electrons. The molecule has 0 aliphatic carbocycles. The van der Waals surface area contributed by atoms with Gasteiger partial charge in [0.05, 0.1) is 13.7 Å². The zero-order chi connectivity index (χ0) is 14.4. The Bertz CT molecular complexity index is 539. The minimum atomic E-state index is -0.184. The minimum absolute atomic E-state index is 0.184. The molecular formula is C13H17N3O3S. The van der Waals surface area contributed by atoms with Crippen LogP contribution in [0.2, 0.25) is 0 Å². The second kappa shape index (κ2) is 7.16. The lowest BCUT2D eigenvalue weighted by Crippen LogP contribution is -2.20. The van der Waals surface area contributed by atoms with E-state index in [1.54, 1.807) is 11.3 Å². The van der Waals surface area contributed by atoms with Crippen molar-refractivity contribution in [3.8, 4) is 11.4 Å². The maximum absolute atomic E-state index is 11.0. The highest BCUT2D eigenvalue weighted by atomic mass is 32.1. The molecule has 0 atom stereocenters. The van der Waals surface area contributed by atoms with Crippen molar-refractivity contribution in [3.05, 3.63) is 22.7 Å². The Morgan fingerprint density at radius 2 is 2.40 bits per heavy atom. The lowest BCUT2D eigenvalue weighted by atomic mass is 10.3. The molecule has 0 N–H and O–H groups in total. The summed E-state index contributed by atoms with van der Waals surface area (Å²) in [5.74, 6) is 1.01. The van der Waals surface area contributed by atoms with Crippen molar-refractivity contribution in [2.24, 2.45) is 0 Å². The van der Waals surface area contributed by atoms with Crippen molar-refractivity contribution in [1.82, 2.24) is 15.0 Å². The fourth-order valence-corrected chi connectivity index (χ4v) is 2.37. The van der Waals surface area contributed by atoms with Gasteiger partial charge in [0.1, 0.15) is 0 Å². The predicted molar refractivity (Wildman–Crippen MR) is 75.2 cm³/mol. The summed E-state index contributed by atoms with van der Waals surface area (Å²) in [4.78, 5) is 17.4. The van der Waals surface area contributed by atoms with E-state index in [4.69, 9.17) is 4.52 Å². The molecule has 0 aromatic carbocycles. The zero-order valence-corrected chi connectivity index (χ0v) is 12.4. The van der Waals surface area contributed by atoms with Gasteiger partial charge in [-0.25, -0.2) is 0 Å². The highest BCUT2D eigenvalue weighted by Crippen LogP contribution is 2.18. The van der Waals surface area contributed by atoms with Crippen LogP contribution < -0.4 is 0 Å². The molecule has 2 aromatic heterocycles. The van der Waals surface area contributed by atoms with Gasteiger partial charge in [-0.3, -0.25) is 9.69 Å². The van der Waals surface area contributed by atoms with E-state index in [-0.39, 0.29) is 5.97 Å². The Morgan fingerprint density at radius 3 is 3.10 bits per heavy atom. The van der Waals surface area contributed by atoms with E-state index >= 15 is 0 Å². The van der Waals surface area contributed by atoms with Gasteiger partial charge in [0.15, 0.2) is 0 Å². The second-order valence-corrected chi connectivity index (χ2v) is 5.22. The maximum atomic E-state index is 11.0. The van der Waals surface area contributed by atoms with Gasteiger partial charge in [0.2, 0.25) is 11.7 Å². The van der Waals surface area contributed by atoms with Gasteiger partial charge in [0, 0.05) is 17.4 Å². The molecule has 6 nitrogen and oxygen atoms in total. The van der Waals surface area contributed by atoms with Gasteiger partial charge in [-0.05, 0) is 31.5 Å². The largest absolute Gasteiger partial charge is 0.469 e. The number of thiophene rings is 1. The molecule has 0 amide bonds. The predicted octanol–water partition coefficient (Wildman–Crippen LogP) is 2.18. The summed E-state index contributed by atoms with van der Waals surface area (Å²) in [6.07, 6.45) is 1.17. The van der Waals surface area contributed by atoms with E-state index in [0.717, 1.165) is 18.5 Å². The molecule has 2 aromatic rings. The fourth-order valence-electron chi connectivity index (χ4n) is 1.73. The number of carbonyl (C=O) groups is 1. The third-order valence-electron chi connectivity index (χ3n) is 2.80. The standard InChI is InChI=1S/C13H17N3O3S/c1-16(6-3-4-12(17)18-2)8-11-14-13(15-19-11)10-5-7-20-9-10/h5,7,9H,3-4,6,8H2,1-2H3. The highest BCUT2D eigenvalue weighted by molar-refractivity contribution is 7.08. The van der Waals surface area contributed by atoms with Crippen LogP contribution in [0.3, 0.4) is 0 Å². The summed E-state index contributed by atoms with van der Waals surface area (Å²) >= 11 is 1.60. The number of nitrogens with zero attached hydrogens (tertiary/aromatic N) is 3. The summed E-state index contributed by atoms with van der Waals surface area (Å²) in [5, 5.41) is 7.91. The summed E-state index contributed by atoms with van der Waals surface area (Å²) in [6, 6.07) is 1.96. The molecular weight excluding hydrogens is 278 g/mol. The molecule has 2 rings (SSSR count). The van der Waals surface area contributed by atoms with Crippen LogP contribution in [0.5, 0.6) is 0 Å². The van der Waals surface area contributed by atoms with Crippen LogP contribution in [0.4, 0.5) is 0 Å². The first-order valence-corrected chi connectivity index (χ1v) is 7.24. The maximum Gasteiger partial charge on any atom is 0.305 e. The SMILES string of the molecule is COC(=O)CCCN(C)Cc1nc(-c2ccsc2)no1. The molecule has 0 saturated heterocycles. The summed E-state index contributed by atoms with van der Waals surface area (Å²) in [5.41, 5.74) is 0.971. The van der Waals surface area contributed by atoms with Crippen LogP contribution in [-0.2, 0) is 16.1 Å². The number of ether oxygens (including phenoxy) is 1. The molecule has 2 heterocycles. The fraction of sp³-hybridized carbons (Fsp3) is 0.462. The van der Waals surface area contributed by atoms with Gasteiger partial charge in [0.25, 0.3) is 0 Å². The monoisotopic (exact) mass is 295 g/mol. The van der Waals surface area contributed by atoms with Crippen LogP contribution in [0.25, 0.3) is 11.4 Å². The van der Waals surface area contributed by atoms with E-state index < -0.39 is 0 Å². The van der Waals surface area contributed by atoms with Gasteiger partial charge >= 0.3 is 5.97 Å². The lowest BCUT2D eigenvalue weighted by molar-refractivity contribution is -0.140. The molecule has 0 bridgehead atoms. The van der Waals surface area contributed by atoms with Crippen molar-refractivity contribution >= 4 is 17.3 Å². The van der Waals surface area contributed by atoms with Crippen molar-refractivity contribution < 1.29 is 14.1 Å². The van der Waals surface area contributed by atoms with Crippen LogP contribution in [0.15, 0.2) is 21.3 Å². The Balaban J connectivity index is 1.80. The molecule has 0 unspecified atom stereocenters. The lowest BCUT2D eigenvalue weighted by Gasteiger charge is -2.12. The highest BCUT2D eigenvalue weighted by Gasteiger charge is 2.11. The number of methoxy groups -OCH3 is 1. The molecule has 108 valence electrons. The number of aromatic nitrogens is 2. The van der Waals surface area contributed by atoms with Gasteiger partial charge in [-0.2, -0.15) is 16.3 Å². The van der Waals surface area contributed by atoms with Crippen molar-refractivity contribution in [3.63, 3.8) is 0 Å². The van der Waals surface area contributed by atoms with E-state index in [1.807, 2.05) is 28.8 Å². The smallest absolute Gasteiger partial charge is 0.305 e. The first kappa shape index (κ1) is 14.7.